The number of hydrogen-bond donors (Lipinski definition) is 1. The van der Waals surface area contributed by atoms with E-state index in [0.29, 0.717) is 17.2 Å². The fourth-order valence-electron chi connectivity index (χ4n) is 3.88. The van der Waals surface area contributed by atoms with Crippen LogP contribution in [0.5, 0.6) is 5.75 Å². The van der Waals surface area contributed by atoms with E-state index in [2.05, 4.69) is 12.2 Å². The number of halogens is 1. The molecule has 0 heterocycles. The third-order valence-electron chi connectivity index (χ3n) is 6.21. The van der Waals surface area contributed by atoms with Gasteiger partial charge in [0.25, 0.3) is 5.91 Å². The van der Waals surface area contributed by atoms with Crippen molar-refractivity contribution in [3.8, 4) is 5.75 Å². The van der Waals surface area contributed by atoms with Gasteiger partial charge in [-0.15, -0.1) is 0 Å². The van der Waals surface area contributed by atoms with Crippen molar-refractivity contribution in [2.45, 2.75) is 58.7 Å². The molecule has 0 spiro atoms. The Morgan fingerprint density at radius 1 is 0.917 bits per heavy atom. The molecule has 6 heteroatoms. The minimum atomic E-state index is -0.709. The molecule has 0 fully saturated rings. The molecule has 2 amide bonds. The summed E-state index contributed by atoms with van der Waals surface area (Å²) in [5.41, 5.74) is 3.01. The lowest BCUT2D eigenvalue weighted by molar-refractivity contribution is -0.143. The molecule has 190 valence electrons. The Kier molecular flexibility index (Phi) is 10.4. The molecule has 0 radical (unpaired) electrons. The van der Waals surface area contributed by atoms with Crippen molar-refractivity contribution in [1.82, 2.24) is 10.2 Å². The Labute approximate surface area is 219 Å². The number of carbonyl (C=O) groups excluding carboxylic acids is 2. The number of nitrogens with zero attached hydrogens (tertiary/aromatic N) is 1. The largest absolute Gasteiger partial charge is 0.484 e. The van der Waals surface area contributed by atoms with Gasteiger partial charge in [0.05, 0.1) is 0 Å². The van der Waals surface area contributed by atoms with Crippen LogP contribution in [0.25, 0.3) is 0 Å². The second-order valence-corrected chi connectivity index (χ2v) is 9.40. The summed E-state index contributed by atoms with van der Waals surface area (Å²) in [7, 11) is 0. The molecular formula is C30H35ClN2O3. The first kappa shape index (κ1) is 27.3. The normalized spacial score (nSPS) is 12.4. The van der Waals surface area contributed by atoms with Crippen molar-refractivity contribution in [3.05, 3.63) is 101 Å². The van der Waals surface area contributed by atoms with Crippen LogP contribution in [-0.4, -0.2) is 35.4 Å². The standard InChI is InChI=1S/C30H35ClN2O3/c1-4-22(3)32-30(35)28(19-24-10-7-6-8-11-24)33(20-25-12-9-13-26(31)18-25)29(34)21-36-27-16-14-23(5-2)15-17-27/h6-18,22,28H,4-5,19-21H2,1-3H3,(H,32,35). The van der Waals surface area contributed by atoms with Crippen LogP contribution in [0.1, 0.15) is 43.9 Å². The van der Waals surface area contributed by atoms with E-state index in [1.54, 1.807) is 11.0 Å². The first-order valence-corrected chi connectivity index (χ1v) is 12.9. The number of rotatable bonds is 12. The molecule has 0 saturated heterocycles. The Morgan fingerprint density at radius 2 is 1.61 bits per heavy atom. The van der Waals surface area contributed by atoms with E-state index in [1.807, 2.05) is 86.6 Å². The number of aryl methyl sites for hydroxylation is 1. The van der Waals surface area contributed by atoms with Crippen molar-refractivity contribution in [3.63, 3.8) is 0 Å². The van der Waals surface area contributed by atoms with Crippen LogP contribution < -0.4 is 10.1 Å². The van der Waals surface area contributed by atoms with E-state index in [4.69, 9.17) is 16.3 Å². The highest BCUT2D eigenvalue weighted by atomic mass is 35.5. The van der Waals surface area contributed by atoms with E-state index < -0.39 is 6.04 Å². The number of carbonyl (C=O) groups is 2. The monoisotopic (exact) mass is 506 g/mol. The zero-order valence-electron chi connectivity index (χ0n) is 21.2. The maximum Gasteiger partial charge on any atom is 0.261 e. The molecule has 3 rings (SSSR count). The highest BCUT2D eigenvalue weighted by Gasteiger charge is 2.31. The molecule has 1 N–H and O–H groups in total. The lowest BCUT2D eigenvalue weighted by Crippen LogP contribution is -2.53. The predicted octanol–water partition coefficient (Wildman–Crippen LogP) is 5.84. The Balaban J connectivity index is 1.89. The zero-order valence-corrected chi connectivity index (χ0v) is 22.0. The van der Waals surface area contributed by atoms with Crippen LogP contribution >= 0.6 is 11.6 Å². The first-order valence-electron chi connectivity index (χ1n) is 12.5. The van der Waals surface area contributed by atoms with Gasteiger partial charge in [0.15, 0.2) is 6.61 Å². The minimum absolute atomic E-state index is 0.00720. The Hall–Kier alpha value is -3.31. The molecular weight excluding hydrogens is 472 g/mol. The van der Waals surface area contributed by atoms with Crippen LogP contribution in [0.4, 0.5) is 0 Å². The highest BCUT2D eigenvalue weighted by molar-refractivity contribution is 6.30. The van der Waals surface area contributed by atoms with Crippen LogP contribution in [0.15, 0.2) is 78.9 Å². The molecule has 0 aliphatic carbocycles. The molecule has 3 aromatic rings. The van der Waals surface area contributed by atoms with Gasteiger partial charge in [0.1, 0.15) is 11.8 Å². The molecule has 2 atom stereocenters. The average Bonchev–Trinajstić information content (AvgIpc) is 2.90. The van der Waals surface area contributed by atoms with E-state index in [-0.39, 0.29) is 31.0 Å². The second kappa shape index (κ2) is 13.7. The van der Waals surface area contributed by atoms with E-state index in [0.717, 1.165) is 24.0 Å². The molecule has 36 heavy (non-hydrogen) atoms. The summed E-state index contributed by atoms with van der Waals surface area (Å²) in [6.07, 6.45) is 2.11. The molecule has 3 aromatic carbocycles. The molecule has 0 bridgehead atoms. The van der Waals surface area contributed by atoms with Gasteiger partial charge >= 0.3 is 0 Å². The van der Waals surface area contributed by atoms with Gasteiger partial charge in [-0.1, -0.05) is 80.0 Å². The van der Waals surface area contributed by atoms with Crippen molar-refractivity contribution < 1.29 is 14.3 Å². The molecule has 0 aliphatic heterocycles. The summed E-state index contributed by atoms with van der Waals surface area (Å²) in [4.78, 5) is 28.7. The van der Waals surface area contributed by atoms with Crippen molar-refractivity contribution in [2.75, 3.05) is 6.61 Å². The highest BCUT2D eigenvalue weighted by Crippen LogP contribution is 2.19. The third kappa shape index (κ3) is 8.13. The first-order chi connectivity index (χ1) is 17.4. The summed E-state index contributed by atoms with van der Waals surface area (Å²) in [6, 6.07) is 24.1. The fraction of sp³-hybridized carbons (Fsp3) is 0.333. The SMILES string of the molecule is CCc1ccc(OCC(=O)N(Cc2cccc(Cl)c2)C(Cc2ccccc2)C(=O)NC(C)CC)cc1. The van der Waals surface area contributed by atoms with Crippen molar-refractivity contribution in [2.24, 2.45) is 0 Å². The Morgan fingerprint density at radius 3 is 2.25 bits per heavy atom. The van der Waals surface area contributed by atoms with Gasteiger partial charge < -0.3 is 15.0 Å². The van der Waals surface area contributed by atoms with Gasteiger partial charge in [0, 0.05) is 24.0 Å². The minimum Gasteiger partial charge on any atom is -0.484 e. The maximum absolute atomic E-state index is 13.6. The summed E-state index contributed by atoms with van der Waals surface area (Å²) in [5, 5.41) is 3.65. The van der Waals surface area contributed by atoms with Crippen LogP contribution in [0, 0.1) is 0 Å². The molecule has 5 nitrogen and oxygen atoms in total. The lowest BCUT2D eigenvalue weighted by Gasteiger charge is -2.32. The molecule has 0 saturated carbocycles. The summed E-state index contributed by atoms with van der Waals surface area (Å²) in [6.45, 7) is 6.13. The van der Waals surface area contributed by atoms with Gasteiger partial charge in [-0.3, -0.25) is 9.59 Å². The molecule has 0 aromatic heterocycles. The molecule has 0 aliphatic rings. The number of hydrogen-bond acceptors (Lipinski definition) is 3. The quantitative estimate of drug-likeness (QED) is 0.336. The Bertz CT molecular complexity index is 1120. The zero-order chi connectivity index (χ0) is 25.9. The van der Waals surface area contributed by atoms with Crippen molar-refractivity contribution >= 4 is 23.4 Å². The molecule has 2 unspecified atom stereocenters. The fourth-order valence-corrected chi connectivity index (χ4v) is 4.09. The smallest absolute Gasteiger partial charge is 0.261 e. The number of amides is 2. The topological polar surface area (TPSA) is 58.6 Å². The number of nitrogens with one attached hydrogen (secondary N) is 1. The van der Waals surface area contributed by atoms with Crippen LogP contribution in [-0.2, 0) is 29.0 Å². The van der Waals surface area contributed by atoms with E-state index in [9.17, 15) is 9.59 Å². The predicted molar refractivity (Wildman–Crippen MR) is 145 cm³/mol. The average molecular weight is 507 g/mol. The van der Waals surface area contributed by atoms with Gasteiger partial charge in [-0.05, 0) is 60.7 Å². The number of ether oxygens (including phenoxy) is 1. The second-order valence-electron chi connectivity index (χ2n) is 8.96. The van der Waals surface area contributed by atoms with Gasteiger partial charge in [-0.2, -0.15) is 0 Å². The van der Waals surface area contributed by atoms with E-state index >= 15 is 0 Å². The summed E-state index contributed by atoms with van der Waals surface area (Å²) >= 11 is 6.23. The summed E-state index contributed by atoms with van der Waals surface area (Å²) in [5.74, 6) is 0.164. The third-order valence-corrected chi connectivity index (χ3v) is 6.44. The van der Waals surface area contributed by atoms with Crippen molar-refractivity contribution in [1.29, 1.82) is 0 Å². The summed E-state index contributed by atoms with van der Waals surface area (Å²) < 4.78 is 5.84. The van der Waals surface area contributed by atoms with Crippen LogP contribution in [0.3, 0.4) is 0 Å². The van der Waals surface area contributed by atoms with E-state index in [1.165, 1.54) is 5.56 Å². The van der Waals surface area contributed by atoms with Crippen LogP contribution in [0.2, 0.25) is 5.02 Å². The van der Waals surface area contributed by atoms with Gasteiger partial charge in [0.2, 0.25) is 5.91 Å². The van der Waals surface area contributed by atoms with Gasteiger partial charge in [-0.25, -0.2) is 0 Å². The maximum atomic E-state index is 13.6. The number of benzene rings is 3. The lowest BCUT2D eigenvalue weighted by atomic mass is 10.0.